The Bertz CT molecular complexity index is 517. The van der Waals surface area contributed by atoms with Crippen LogP contribution in [0.15, 0.2) is 12.3 Å². The predicted octanol–water partition coefficient (Wildman–Crippen LogP) is 1.71. The molecule has 2 aliphatic rings. The van der Waals surface area contributed by atoms with E-state index in [1.807, 2.05) is 6.92 Å². The first-order valence-electron chi connectivity index (χ1n) is 7.25. The van der Waals surface area contributed by atoms with Crippen molar-refractivity contribution in [2.45, 2.75) is 25.7 Å². The van der Waals surface area contributed by atoms with E-state index in [2.05, 4.69) is 20.1 Å². The second kappa shape index (κ2) is 5.46. The van der Waals surface area contributed by atoms with Crippen molar-refractivity contribution in [2.75, 3.05) is 37.6 Å². The van der Waals surface area contributed by atoms with Gasteiger partial charge in [-0.3, -0.25) is 4.90 Å². The number of aromatic nitrogens is 1. The maximum Gasteiger partial charge on any atom is 0.417 e. The van der Waals surface area contributed by atoms with Crippen LogP contribution in [0.1, 0.15) is 18.1 Å². The molecule has 0 bridgehead atoms. The van der Waals surface area contributed by atoms with E-state index in [0.717, 1.165) is 38.9 Å². The van der Waals surface area contributed by atoms with Crippen LogP contribution in [0.5, 0.6) is 0 Å². The van der Waals surface area contributed by atoms with Crippen LogP contribution in [0.2, 0.25) is 0 Å². The molecule has 116 valence electrons. The van der Waals surface area contributed by atoms with Gasteiger partial charge in [-0.05, 0) is 12.6 Å². The Hall–Kier alpha value is -1.34. The number of hydrogen-bond donors (Lipinski definition) is 1. The van der Waals surface area contributed by atoms with E-state index in [0.29, 0.717) is 17.9 Å². The molecule has 2 aliphatic heterocycles. The van der Waals surface area contributed by atoms with Crippen molar-refractivity contribution in [1.82, 2.24) is 15.2 Å². The minimum Gasteiger partial charge on any atom is -0.350 e. The Morgan fingerprint density at radius 2 is 2.24 bits per heavy atom. The van der Waals surface area contributed by atoms with Crippen LogP contribution in [-0.4, -0.2) is 48.6 Å². The zero-order chi connectivity index (χ0) is 15.0. The summed E-state index contributed by atoms with van der Waals surface area (Å²) in [5.41, 5.74) is 0.0157. The number of pyridine rings is 1. The topological polar surface area (TPSA) is 31.4 Å². The van der Waals surface area contributed by atoms with Crippen LogP contribution in [0.25, 0.3) is 0 Å². The van der Waals surface area contributed by atoms with Gasteiger partial charge in [0.05, 0.1) is 11.6 Å². The summed E-state index contributed by atoms with van der Waals surface area (Å²) in [6.07, 6.45) is -3.38. The van der Waals surface area contributed by atoms with E-state index >= 15 is 0 Å². The first-order valence-corrected chi connectivity index (χ1v) is 7.25. The number of fused-ring (bicyclic) bond motifs is 3. The number of rotatable bonds is 1. The third-order valence-corrected chi connectivity index (χ3v) is 4.20. The molecule has 0 amide bonds. The van der Waals surface area contributed by atoms with Crippen LogP contribution in [0.4, 0.5) is 19.0 Å². The lowest BCUT2D eigenvalue weighted by Gasteiger charge is -2.37. The molecule has 1 unspecified atom stereocenters. The Labute approximate surface area is 121 Å². The molecule has 1 atom stereocenters. The van der Waals surface area contributed by atoms with Gasteiger partial charge in [0.25, 0.3) is 0 Å². The quantitative estimate of drug-likeness (QED) is 0.856. The lowest BCUT2D eigenvalue weighted by Crippen LogP contribution is -2.54. The zero-order valence-corrected chi connectivity index (χ0v) is 12.0. The largest absolute Gasteiger partial charge is 0.417 e. The van der Waals surface area contributed by atoms with Gasteiger partial charge >= 0.3 is 6.18 Å². The molecule has 0 aromatic carbocycles. The third-order valence-electron chi connectivity index (χ3n) is 4.20. The molecule has 1 N–H and O–H groups in total. The highest BCUT2D eigenvalue weighted by Gasteiger charge is 2.35. The standard InChI is InChI=1S/C14H19F3N4/c1-2-20-8-10-5-11(14(15,16)17)6-19-13(10)21-4-3-18-7-12(21)9-20/h5-6,12,18H,2-4,7-9H2,1H3. The summed E-state index contributed by atoms with van der Waals surface area (Å²) in [6, 6.07) is 1.53. The minimum absolute atomic E-state index is 0.268. The van der Waals surface area contributed by atoms with Gasteiger partial charge in [-0.1, -0.05) is 6.92 Å². The molecule has 3 heterocycles. The molecule has 7 heteroatoms. The van der Waals surface area contributed by atoms with Crippen molar-refractivity contribution in [3.05, 3.63) is 23.4 Å². The summed E-state index contributed by atoms with van der Waals surface area (Å²) < 4.78 is 38.7. The van der Waals surface area contributed by atoms with Gasteiger partial charge in [0.15, 0.2) is 0 Å². The monoisotopic (exact) mass is 300 g/mol. The molecule has 0 aliphatic carbocycles. The molecule has 3 rings (SSSR count). The van der Waals surface area contributed by atoms with Gasteiger partial charge in [-0.15, -0.1) is 0 Å². The van der Waals surface area contributed by atoms with Crippen LogP contribution in [0, 0.1) is 0 Å². The first-order chi connectivity index (χ1) is 9.99. The predicted molar refractivity (Wildman–Crippen MR) is 74.2 cm³/mol. The van der Waals surface area contributed by atoms with E-state index in [-0.39, 0.29) is 6.04 Å². The molecule has 1 aromatic rings. The van der Waals surface area contributed by atoms with E-state index < -0.39 is 11.7 Å². The van der Waals surface area contributed by atoms with Gasteiger partial charge in [0, 0.05) is 44.5 Å². The number of piperazine rings is 1. The van der Waals surface area contributed by atoms with Crippen molar-refractivity contribution < 1.29 is 13.2 Å². The fourth-order valence-corrected chi connectivity index (χ4v) is 3.08. The van der Waals surface area contributed by atoms with Crippen LogP contribution >= 0.6 is 0 Å². The van der Waals surface area contributed by atoms with Crippen molar-refractivity contribution in [2.24, 2.45) is 0 Å². The molecule has 4 nitrogen and oxygen atoms in total. The number of nitrogens with one attached hydrogen (secondary N) is 1. The SMILES string of the molecule is CCN1Cc2cc(C(F)(F)F)cnc2N2CCNCC2C1. The summed E-state index contributed by atoms with van der Waals surface area (Å²) in [7, 11) is 0. The Kier molecular flexibility index (Phi) is 3.79. The number of nitrogens with zero attached hydrogens (tertiary/aromatic N) is 3. The normalized spacial score (nSPS) is 23.4. The van der Waals surface area contributed by atoms with Crippen molar-refractivity contribution in [3.63, 3.8) is 0 Å². The summed E-state index contributed by atoms with van der Waals surface area (Å²) in [4.78, 5) is 8.48. The molecule has 0 spiro atoms. The van der Waals surface area contributed by atoms with Crippen LogP contribution in [-0.2, 0) is 12.7 Å². The number of anilines is 1. The lowest BCUT2D eigenvalue weighted by molar-refractivity contribution is -0.137. The van der Waals surface area contributed by atoms with E-state index in [1.54, 1.807) is 0 Å². The molecule has 1 aromatic heterocycles. The molecule has 0 radical (unpaired) electrons. The average molecular weight is 300 g/mol. The fraction of sp³-hybridized carbons (Fsp3) is 0.643. The Morgan fingerprint density at radius 3 is 2.95 bits per heavy atom. The highest BCUT2D eigenvalue weighted by molar-refractivity contribution is 5.51. The van der Waals surface area contributed by atoms with Gasteiger partial charge < -0.3 is 10.2 Å². The maximum absolute atomic E-state index is 12.9. The smallest absolute Gasteiger partial charge is 0.350 e. The van der Waals surface area contributed by atoms with E-state index in [9.17, 15) is 13.2 Å². The summed E-state index contributed by atoms with van der Waals surface area (Å²) in [5.74, 6) is 0.713. The zero-order valence-electron chi connectivity index (χ0n) is 12.0. The van der Waals surface area contributed by atoms with Gasteiger partial charge in [0.1, 0.15) is 5.82 Å². The van der Waals surface area contributed by atoms with Crippen molar-refractivity contribution in [3.8, 4) is 0 Å². The summed E-state index contributed by atoms with van der Waals surface area (Å²) >= 11 is 0. The van der Waals surface area contributed by atoms with Crippen LogP contribution in [0.3, 0.4) is 0 Å². The molecule has 1 saturated heterocycles. The van der Waals surface area contributed by atoms with Crippen molar-refractivity contribution in [1.29, 1.82) is 0 Å². The average Bonchev–Trinajstić information content (AvgIpc) is 2.62. The second-order valence-electron chi connectivity index (χ2n) is 5.58. The lowest BCUT2D eigenvalue weighted by atomic mass is 10.1. The number of likely N-dealkylation sites (N-methyl/N-ethyl adjacent to an activating group) is 1. The fourth-order valence-electron chi connectivity index (χ4n) is 3.08. The molecule has 0 saturated carbocycles. The minimum atomic E-state index is -4.34. The second-order valence-corrected chi connectivity index (χ2v) is 5.58. The molecular weight excluding hydrogens is 281 g/mol. The number of alkyl halides is 3. The van der Waals surface area contributed by atoms with E-state index in [1.165, 1.54) is 6.07 Å². The summed E-state index contributed by atoms with van der Waals surface area (Å²) in [5, 5.41) is 3.35. The number of halogens is 3. The van der Waals surface area contributed by atoms with E-state index in [4.69, 9.17) is 0 Å². The molecule has 1 fully saturated rings. The third kappa shape index (κ3) is 2.85. The molecule has 21 heavy (non-hydrogen) atoms. The van der Waals surface area contributed by atoms with Gasteiger partial charge in [-0.25, -0.2) is 4.98 Å². The number of hydrogen-bond acceptors (Lipinski definition) is 4. The van der Waals surface area contributed by atoms with Crippen LogP contribution < -0.4 is 10.2 Å². The maximum atomic E-state index is 12.9. The van der Waals surface area contributed by atoms with Crippen molar-refractivity contribution >= 4 is 5.82 Å². The summed E-state index contributed by atoms with van der Waals surface area (Å²) in [6.45, 7) is 6.70. The van der Waals surface area contributed by atoms with Gasteiger partial charge in [-0.2, -0.15) is 13.2 Å². The highest BCUT2D eigenvalue weighted by atomic mass is 19.4. The molecular formula is C14H19F3N4. The Morgan fingerprint density at radius 1 is 1.43 bits per heavy atom. The highest BCUT2D eigenvalue weighted by Crippen LogP contribution is 2.33. The first kappa shape index (κ1) is 14.6. The van der Waals surface area contributed by atoms with Gasteiger partial charge in [0.2, 0.25) is 0 Å². The Balaban J connectivity index is 2.01.